The van der Waals surface area contributed by atoms with Crippen molar-refractivity contribution in [3.05, 3.63) is 49.2 Å². The summed E-state index contributed by atoms with van der Waals surface area (Å²) in [4.78, 5) is 15.3. The summed E-state index contributed by atoms with van der Waals surface area (Å²) in [5.74, 6) is 1.10. The fraction of sp³-hybridized carbons (Fsp3) is 0.423. The Labute approximate surface area is 240 Å². The number of aromatic nitrogens is 7. The summed E-state index contributed by atoms with van der Waals surface area (Å²) in [6.45, 7) is -1.39. The molecule has 0 bridgehead atoms. The Balaban J connectivity index is 1.26. The average Bonchev–Trinajstić information content (AvgIpc) is 3.51. The number of hydrogen-bond donors (Lipinski definition) is 2. The van der Waals surface area contributed by atoms with E-state index >= 15 is 0 Å². The first kappa shape index (κ1) is 28.1. The lowest BCUT2D eigenvalue weighted by molar-refractivity contribution is 0.0568. The largest absolute Gasteiger partial charge is 0.380 e. The van der Waals surface area contributed by atoms with Gasteiger partial charge in [-0.05, 0) is 44.4 Å². The normalized spacial score (nSPS) is 18.0. The van der Waals surface area contributed by atoms with Crippen LogP contribution in [0.25, 0.3) is 22.6 Å². The lowest BCUT2D eigenvalue weighted by atomic mass is 10.0. The van der Waals surface area contributed by atoms with E-state index in [1.54, 1.807) is 18.3 Å². The van der Waals surface area contributed by atoms with Crippen molar-refractivity contribution in [3.63, 3.8) is 0 Å². The summed E-state index contributed by atoms with van der Waals surface area (Å²) in [7, 11) is -3.52. The number of nitrogens with one attached hydrogen (secondary N) is 2. The SMILES string of the molecule is O=S(=O)(C1CC1)n1cc(-c2nccc(Nc3cc(NC4CCCN(CCF)C4)c(-c4ccn(C(F)F)n4)cn3)n2)cn1. The highest BCUT2D eigenvalue weighted by Gasteiger charge is 2.37. The molecule has 2 fully saturated rings. The molecule has 0 radical (unpaired) electrons. The number of halogens is 3. The van der Waals surface area contributed by atoms with E-state index in [4.69, 9.17) is 0 Å². The van der Waals surface area contributed by atoms with Crippen LogP contribution >= 0.6 is 0 Å². The lowest BCUT2D eigenvalue weighted by Crippen LogP contribution is -2.42. The molecule has 0 spiro atoms. The van der Waals surface area contributed by atoms with E-state index in [0.29, 0.717) is 64.8 Å². The summed E-state index contributed by atoms with van der Waals surface area (Å²) in [6, 6.07) is 4.88. The number of piperidine rings is 1. The van der Waals surface area contributed by atoms with Gasteiger partial charge in [-0.3, -0.25) is 4.90 Å². The Morgan fingerprint density at radius 1 is 1.10 bits per heavy atom. The van der Waals surface area contributed by atoms with Crippen LogP contribution in [0.15, 0.2) is 49.2 Å². The molecule has 2 aliphatic rings. The van der Waals surface area contributed by atoms with E-state index < -0.39 is 28.5 Å². The summed E-state index contributed by atoms with van der Waals surface area (Å²) < 4.78 is 66.0. The Morgan fingerprint density at radius 2 is 1.95 bits per heavy atom. The number of likely N-dealkylation sites (tertiary alicyclic amines) is 1. The lowest BCUT2D eigenvalue weighted by Gasteiger charge is -2.33. The Kier molecular flexibility index (Phi) is 7.81. The third-order valence-electron chi connectivity index (χ3n) is 7.19. The first-order valence-corrected chi connectivity index (χ1v) is 15.1. The van der Waals surface area contributed by atoms with E-state index in [1.165, 1.54) is 30.9 Å². The van der Waals surface area contributed by atoms with E-state index in [-0.39, 0.29) is 11.9 Å². The number of alkyl halides is 3. The van der Waals surface area contributed by atoms with Crippen LogP contribution < -0.4 is 10.6 Å². The van der Waals surface area contributed by atoms with Gasteiger partial charge in [0.05, 0.1) is 28.9 Å². The van der Waals surface area contributed by atoms with Crippen LogP contribution in [0.3, 0.4) is 0 Å². The highest BCUT2D eigenvalue weighted by atomic mass is 32.2. The van der Waals surface area contributed by atoms with Crippen LogP contribution in [-0.2, 0) is 10.0 Å². The van der Waals surface area contributed by atoms with Gasteiger partial charge in [0, 0.05) is 55.0 Å². The number of hydrogen-bond acceptors (Lipinski definition) is 10. The van der Waals surface area contributed by atoms with Crippen LogP contribution in [-0.4, -0.2) is 84.8 Å². The molecule has 1 unspecified atom stereocenters. The number of pyridine rings is 1. The molecular formula is C26H29F3N10O2S. The second-order valence-electron chi connectivity index (χ2n) is 10.3. The van der Waals surface area contributed by atoms with Gasteiger partial charge in [-0.2, -0.15) is 23.1 Å². The molecule has 5 heterocycles. The molecule has 2 N–H and O–H groups in total. The minimum Gasteiger partial charge on any atom is -0.380 e. The molecule has 1 aliphatic heterocycles. The minimum atomic E-state index is -3.52. The highest BCUT2D eigenvalue weighted by Crippen LogP contribution is 2.32. The zero-order chi connectivity index (χ0) is 29.3. The molecule has 42 heavy (non-hydrogen) atoms. The number of rotatable bonds is 11. The monoisotopic (exact) mass is 602 g/mol. The number of nitrogens with zero attached hydrogens (tertiary/aromatic N) is 8. The standard InChI is InChI=1S/C26H29F3N10O2S/c27-7-11-37-9-1-2-18(16-37)33-22-12-24(31-14-20(22)21-6-10-38(36-21)26(28)29)34-23-5-8-30-25(35-23)17-13-32-39(15-17)42(40,41)19-3-4-19/h5-6,8,10,12-15,18-19,26H,1-4,7,9,11,16H2,(H2,30,31,33,34,35). The Morgan fingerprint density at radius 3 is 2.71 bits per heavy atom. The quantitative estimate of drug-likeness (QED) is 0.260. The van der Waals surface area contributed by atoms with Crippen LogP contribution in [0.5, 0.6) is 0 Å². The van der Waals surface area contributed by atoms with Crippen molar-refractivity contribution in [1.29, 1.82) is 0 Å². The smallest absolute Gasteiger partial charge is 0.333 e. The van der Waals surface area contributed by atoms with Gasteiger partial charge in [0.15, 0.2) is 5.82 Å². The minimum absolute atomic E-state index is 0.00518. The molecule has 4 aromatic rings. The van der Waals surface area contributed by atoms with Crippen molar-refractivity contribution in [1.82, 2.24) is 38.8 Å². The Bertz CT molecular complexity index is 1660. The molecule has 4 aromatic heterocycles. The van der Waals surface area contributed by atoms with E-state index in [0.717, 1.165) is 23.5 Å². The predicted molar refractivity (Wildman–Crippen MR) is 150 cm³/mol. The van der Waals surface area contributed by atoms with E-state index in [2.05, 4.69) is 35.8 Å². The van der Waals surface area contributed by atoms with Crippen molar-refractivity contribution in [3.8, 4) is 22.6 Å². The molecule has 6 rings (SSSR count). The van der Waals surface area contributed by atoms with Crippen LogP contribution in [0.1, 0.15) is 32.2 Å². The summed E-state index contributed by atoms with van der Waals surface area (Å²) in [5.41, 5.74) is 1.93. The third-order valence-corrected chi connectivity index (χ3v) is 9.23. The fourth-order valence-corrected chi connectivity index (χ4v) is 6.41. The molecule has 1 aliphatic carbocycles. The zero-order valence-corrected chi connectivity index (χ0v) is 23.3. The van der Waals surface area contributed by atoms with Crippen molar-refractivity contribution >= 4 is 27.3 Å². The molecule has 12 nitrogen and oxygen atoms in total. The van der Waals surface area contributed by atoms with Crippen molar-refractivity contribution < 1.29 is 21.6 Å². The maximum absolute atomic E-state index is 13.2. The molecule has 0 aromatic carbocycles. The van der Waals surface area contributed by atoms with Gasteiger partial charge in [-0.15, -0.1) is 0 Å². The highest BCUT2D eigenvalue weighted by molar-refractivity contribution is 7.90. The molecule has 0 amide bonds. The van der Waals surface area contributed by atoms with Gasteiger partial charge < -0.3 is 10.6 Å². The van der Waals surface area contributed by atoms with Crippen LogP contribution in [0, 0.1) is 0 Å². The van der Waals surface area contributed by atoms with Crippen LogP contribution in [0.2, 0.25) is 0 Å². The maximum atomic E-state index is 13.2. The Hall–Kier alpha value is -4.05. The fourth-order valence-electron chi connectivity index (χ4n) is 4.93. The maximum Gasteiger partial charge on any atom is 0.333 e. The number of anilines is 3. The molecule has 1 saturated heterocycles. The van der Waals surface area contributed by atoms with Gasteiger partial charge in [0.1, 0.15) is 18.3 Å². The van der Waals surface area contributed by atoms with Crippen molar-refractivity contribution in [2.75, 3.05) is 36.9 Å². The predicted octanol–water partition coefficient (Wildman–Crippen LogP) is 3.92. The van der Waals surface area contributed by atoms with E-state index in [1.807, 2.05) is 4.90 Å². The molecule has 222 valence electrons. The third kappa shape index (κ3) is 6.09. The first-order valence-electron chi connectivity index (χ1n) is 13.6. The average molecular weight is 603 g/mol. The van der Waals surface area contributed by atoms with E-state index in [9.17, 15) is 21.6 Å². The summed E-state index contributed by atoms with van der Waals surface area (Å²) in [5, 5.41) is 14.2. The molecule has 16 heteroatoms. The van der Waals surface area contributed by atoms with Crippen LogP contribution in [0.4, 0.5) is 30.5 Å². The van der Waals surface area contributed by atoms with Gasteiger partial charge in [-0.25, -0.2) is 32.4 Å². The molecular weight excluding hydrogens is 573 g/mol. The van der Waals surface area contributed by atoms with Gasteiger partial charge in [0.25, 0.3) is 10.0 Å². The van der Waals surface area contributed by atoms with Crippen molar-refractivity contribution in [2.24, 2.45) is 0 Å². The van der Waals surface area contributed by atoms with Crippen molar-refractivity contribution in [2.45, 2.75) is 43.5 Å². The second-order valence-corrected chi connectivity index (χ2v) is 12.4. The van der Waals surface area contributed by atoms with Gasteiger partial charge in [-0.1, -0.05) is 0 Å². The first-order chi connectivity index (χ1) is 20.3. The topological polar surface area (TPSA) is 136 Å². The van der Waals surface area contributed by atoms with Gasteiger partial charge >= 0.3 is 6.55 Å². The summed E-state index contributed by atoms with van der Waals surface area (Å²) >= 11 is 0. The van der Waals surface area contributed by atoms with Gasteiger partial charge in [0.2, 0.25) is 0 Å². The molecule has 1 saturated carbocycles. The second kappa shape index (κ2) is 11.7. The molecule has 1 atom stereocenters. The summed E-state index contributed by atoms with van der Waals surface area (Å²) in [6.07, 6.45) is 10.1. The zero-order valence-electron chi connectivity index (χ0n) is 22.4.